The molecule has 0 radical (unpaired) electrons. The molecule has 2 aromatic rings. The lowest BCUT2D eigenvalue weighted by molar-refractivity contribution is 0.0733. The van der Waals surface area contributed by atoms with Gasteiger partial charge in [0.1, 0.15) is 23.5 Å². The van der Waals surface area contributed by atoms with Crippen molar-refractivity contribution < 1.29 is 18.3 Å². The number of halogens is 2. The topological polar surface area (TPSA) is 50.1 Å². The molecule has 2 aliphatic carbocycles. The number of ether oxygens (including phenoxy) is 1. The number of fused-ring (bicyclic) bond motifs is 1. The van der Waals surface area contributed by atoms with Crippen LogP contribution in [0.15, 0.2) is 49.1 Å². The van der Waals surface area contributed by atoms with E-state index in [1.165, 1.54) is 43.9 Å². The van der Waals surface area contributed by atoms with Crippen LogP contribution in [0.1, 0.15) is 78.8 Å². The standard InChI is InChI=1S/C28H29F2NO2/c1-2-3-4-18-5-6-20-14-21(8-7-19(20)13-18)25-12-10-22(15-27(25)30)28(32)33-24-11-9-23(17-31)26(29)16-24/h2,9-12,15-16,18-21H,1,3-8,13-14H2. The van der Waals surface area contributed by atoms with Crippen molar-refractivity contribution in [1.29, 1.82) is 5.26 Å². The van der Waals surface area contributed by atoms with Gasteiger partial charge < -0.3 is 4.74 Å². The first-order valence-corrected chi connectivity index (χ1v) is 11.8. The van der Waals surface area contributed by atoms with Crippen LogP contribution in [0.25, 0.3) is 0 Å². The Morgan fingerprint density at radius 1 is 1.06 bits per heavy atom. The van der Waals surface area contributed by atoms with E-state index >= 15 is 4.39 Å². The van der Waals surface area contributed by atoms with E-state index < -0.39 is 17.6 Å². The molecule has 0 heterocycles. The fourth-order valence-electron chi connectivity index (χ4n) is 5.69. The molecule has 2 aliphatic rings. The maximum absolute atomic E-state index is 15.0. The molecule has 172 valence electrons. The number of esters is 1. The van der Waals surface area contributed by atoms with E-state index in [1.807, 2.05) is 6.08 Å². The van der Waals surface area contributed by atoms with Gasteiger partial charge in [-0.2, -0.15) is 5.26 Å². The number of hydrogen-bond acceptors (Lipinski definition) is 3. The average Bonchev–Trinajstić information content (AvgIpc) is 2.82. The second kappa shape index (κ2) is 10.3. The summed E-state index contributed by atoms with van der Waals surface area (Å²) in [5.74, 6) is 0.428. The van der Waals surface area contributed by atoms with Gasteiger partial charge in [-0.1, -0.05) is 18.6 Å². The van der Waals surface area contributed by atoms with Gasteiger partial charge in [-0.15, -0.1) is 6.58 Å². The summed E-state index contributed by atoms with van der Waals surface area (Å²) in [5, 5.41) is 8.80. The Morgan fingerprint density at radius 3 is 2.58 bits per heavy atom. The fraction of sp³-hybridized carbons (Fsp3) is 0.429. The van der Waals surface area contributed by atoms with Crippen molar-refractivity contribution in [3.63, 3.8) is 0 Å². The Morgan fingerprint density at radius 2 is 1.85 bits per heavy atom. The number of nitrogens with zero attached hydrogens (tertiary/aromatic N) is 1. The van der Waals surface area contributed by atoms with E-state index in [-0.39, 0.29) is 22.8 Å². The molecule has 0 N–H and O–H groups in total. The van der Waals surface area contributed by atoms with Crippen LogP contribution in [-0.4, -0.2) is 5.97 Å². The molecule has 0 spiro atoms. The van der Waals surface area contributed by atoms with E-state index in [0.717, 1.165) is 43.6 Å². The molecular weight excluding hydrogens is 420 g/mol. The minimum atomic E-state index is -0.769. The Bertz CT molecular complexity index is 1070. The van der Waals surface area contributed by atoms with Crippen molar-refractivity contribution in [2.24, 2.45) is 17.8 Å². The first kappa shape index (κ1) is 23.2. The molecule has 4 rings (SSSR count). The summed E-state index contributed by atoms with van der Waals surface area (Å²) in [7, 11) is 0. The van der Waals surface area contributed by atoms with Gasteiger partial charge in [0.25, 0.3) is 0 Å². The van der Waals surface area contributed by atoms with Crippen LogP contribution in [0.5, 0.6) is 5.75 Å². The zero-order valence-corrected chi connectivity index (χ0v) is 18.7. The van der Waals surface area contributed by atoms with Gasteiger partial charge in [-0.05, 0) is 98.4 Å². The SMILES string of the molecule is C=CCCC1CCC2CC(c3ccc(C(=O)Oc4ccc(C#N)c(F)c4)cc3F)CCC2C1. The number of benzene rings is 2. The lowest BCUT2D eigenvalue weighted by Gasteiger charge is -2.42. The second-order valence-electron chi connectivity index (χ2n) is 9.45. The van der Waals surface area contributed by atoms with Crippen molar-refractivity contribution in [3.8, 4) is 11.8 Å². The molecule has 0 aromatic heterocycles. The molecule has 0 bridgehead atoms. The van der Waals surface area contributed by atoms with Crippen LogP contribution < -0.4 is 4.74 Å². The summed E-state index contributed by atoms with van der Waals surface area (Å²) >= 11 is 0. The lowest BCUT2D eigenvalue weighted by Crippen LogP contribution is -2.30. The summed E-state index contributed by atoms with van der Waals surface area (Å²) in [6.45, 7) is 3.84. The van der Waals surface area contributed by atoms with Crippen LogP contribution >= 0.6 is 0 Å². The zero-order valence-electron chi connectivity index (χ0n) is 18.7. The van der Waals surface area contributed by atoms with Crippen molar-refractivity contribution in [1.82, 2.24) is 0 Å². The summed E-state index contributed by atoms with van der Waals surface area (Å²) in [5.41, 5.74) is 0.616. The highest BCUT2D eigenvalue weighted by Gasteiger charge is 2.36. The quantitative estimate of drug-likeness (QED) is 0.264. The van der Waals surface area contributed by atoms with Crippen LogP contribution in [0.4, 0.5) is 8.78 Å². The first-order chi connectivity index (χ1) is 16.0. The summed E-state index contributed by atoms with van der Waals surface area (Å²) in [6, 6.07) is 9.77. The van der Waals surface area contributed by atoms with Crippen molar-refractivity contribution in [3.05, 3.63) is 77.4 Å². The van der Waals surface area contributed by atoms with Gasteiger partial charge in [0.15, 0.2) is 0 Å². The van der Waals surface area contributed by atoms with Crippen LogP contribution in [-0.2, 0) is 0 Å². The zero-order chi connectivity index (χ0) is 23.4. The average molecular weight is 450 g/mol. The second-order valence-corrected chi connectivity index (χ2v) is 9.45. The molecule has 0 aliphatic heterocycles. The van der Waals surface area contributed by atoms with Crippen LogP contribution in [0, 0.1) is 40.7 Å². The van der Waals surface area contributed by atoms with Crippen LogP contribution in [0.2, 0.25) is 0 Å². The Hall–Kier alpha value is -3.00. The predicted octanol–water partition coefficient (Wildman–Crippen LogP) is 7.32. The maximum Gasteiger partial charge on any atom is 0.343 e. The highest BCUT2D eigenvalue weighted by atomic mass is 19.1. The number of carbonyl (C=O) groups excluding carboxylic acids is 1. The van der Waals surface area contributed by atoms with Gasteiger partial charge >= 0.3 is 5.97 Å². The molecule has 5 heteroatoms. The Balaban J connectivity index is 1.39. The maximum atomic E-state index is 15.0. The minimum Gasteiger partial charge on any atom is -0.423 e. The molecule has 2 aromatic carbocycles. The largest absolute Gasteiger partial charge is 0.423 e. The highest BCUT2D eigenvalue weighted by molar-refractivity contribution is 5.91. The summed E-state index contributed by atoms with van der Waals surface area (Å²) in [4.78, 5) is 12.4. The minimum absolute atomic E-state index is 0.0250. The van der Waals surface area contributed by atoms with E-state index in [2.05, 4.69) is 6.58 Å². The Labute approximate surface area is 194 Å². The summed E-state index contributed by atoms with van der Waals surface area (Å²) in [6.07, 6.45) is 11.2. The number of rotatable bonds is 6. The third-order valence-corrected chi connectivity index (χ3v) is 7.45. The Kier molecular flexibility index (Phi) is 7.23. The van der Waals surface area contributed by atoms with E-state index in [0.29, 0.717) is 11.5 Å². The number of carbonyl (C=O) groups is 1. The molecule has 4 unspecified atom stereocenters. The van der Waals surface area contributed by atoms with Crippen molar-refractivity contribution >= 4 is 5.97 Å². The monoisotopic (exact) mass is 449 g/mol. The molecule has 2 saturated carbocycles. The van der Waals surface area contributed by atoms with E-state index in [4.69, 9.17) is 10.00 Å². The summed E-state index contributed by atoms with van der Waals surface area (Å²) < 4.78 is 33.9. The highest BCUT2D eigenvalue weighted by Crippen LogP contribution is 2.48. The fourth-order valence-corrected chi connectivity index (χ4v) is 5.69. The molecule has 4 atom stereocenters. The number of hydrogen-bond donors (Lipinski definition) is 0. The van der Waals surface area contributed by atoms with Gasteiger partial charge in [0, 0.05) is 6.07 Å². The normalized spacial score (nSPS) is 24.4. The lowest BCUT2D eigenvalue weighted by atomic mass is 9.63. The third kappa shape index (κ3) is 5.33. The molecule has 0 saturated heterocycles. The van der Waals surface area contributed by atoms with Crippen LogP contribution in [0.3, 0.4) is 0 Å². The number of allylic oxidation sites excluding steroid dienone is 1. The van der Waals surface area contributed by atoms with Crippen molar-refractivity contribution in [2.45, 2.75) is 57.3 Å². The van der Waals surface area contributed by atoms with E-state index in [1.54, 1.807) is 18.2 Å². The number of nitriles is 1. The smallest absolute Gasteiger partial charge is 0.343 e. The van der Waals surface area contributed by atoms with Gasteiger partial charge in [0.2, 0.25) is 0 Å². The molecule has 3 nitrogen and oxygen atoms in total. The van der Waals surface area contributed by atoms with Gasteiger partial charge in [-0.3, -0.25) is 0 Å². The third-order valence-electron chi connectivity index (χ3n) is 7.45. The predicted molar refractivity (Wildman–Crippen MR) is 123 cm³/mol. The van der Waals surface area contributed by atoms with E-state index in [9.17, 15) is 9.18 Å². The molecule has 2 fully saturated rings. The first-order valence-electron chi connectivity index (χ1n) is 11.8. The van der Waals surface area contributed by atoms with Gasteiger partial charge in [0.05, 0.1) is 11.1 Å². The molecular formula is C28H29F2NO2. The molecule has 33 heavy (non-hydrogen) atoms. The molecule has 0 amide bonds. The van der Waals surface area contributed by atoms with Crippen molar-refractivity contribution in [2.75, 3.05) is 0 Å². The van der Waals surface area contributed by atoms with Gasteiger partial charge in [-0.25, -0.2) is 13.6 Å².